The number of benzene rings is 2. The van der Waals surface area contributed by atoms with Crippen LogP contribution in [0.4, 0.5) is 5.69 Å². The first-order chi connectivity index (χ1) is 11.3. The van der Waals surface area contributed by atoms with E-state index in [0.717, 1.165) is 11.3 Å². The molecule has 0 unspecified atom stereocenters. The van der Waals surface area contributed by atoms with E-state index < -0.39 is 10.0 Å². The molecule has 2 rings (SSSR count). The first-order valence-electron chi connectivity index (χ1n) is 7.41. The van der Waals surface area contributed by atoms with E-state index in [0.29, 0.717) is 12.1 Å². The van der Waals surface area contributed by atoms with Gasteiger partial charge in [-0.1, -0.05) is 18.2 Å². The zero-order chi connectivity index (χ0) is 17.7. The number of hydrogen-bond donors (Lipinski definition) is 2. The molecule has 128 valence electrons. The van der Waals surface area contributed by atoms with Crippen LogP contribution in [0.3, 0.4) is 0 Å². The van der Waals surface area contributed by atoms with E-state index >= 15 is 0 Å². The standard InChI is InChI=1S/C17H21N3O3S/c1-18-24(22,23)15-10-8-13(9-11-15)17(21)19-16-7-5-4-6-14(16)12-20(2)3/h4-11,18H,12H2,1-3H3,(H,19,21). The predicted molar refractivity (Wildman–Crippen MR) is 94.5 cm³/mol. The fraction of sp³-hybridized carbons (Fsp3) is 0.235. The number of nitrogens with one attached hydrogen (secondary N) is 2. The van der Waals surface area contributed by atoms with Gasteiger partial charge in [-0.25, -0.2) is 13.1 Å². The number of nitrogens with zero attached hydrogens (tertiary/aromatic N) is 1. The van der Waals surface area contributed by atoms with Gasteiger partial charge in [0.1, 0.15) is 0 Å². The molecule has 0 saturated heterocycles. The van der Waals surface area contributed by atoms with Crippen molar-refractivity contribution in [3.63, 3.8) is 0 Å². The Morgan fingerprint density at radius 3 is 2.25 bits per heavy atom. The second-order valence-corrected chi connectivity index (χ2v) is 7.47. The summed E-state index contributed by atoms with van der Waals surface area (Å²) in [6, 6.07) is 13.4. The number of rotatable bonds is 6. The highest BCUT2D eigenvalue weighted by molar-refractivity contribution is 7.89. The maximum absolute atomic E-state index is 12.4. The smallest absolute Gasteiger partial charge is 0.255 e. The molecule has 24 heavy (non-hydrogen) atoms. The van der Waals surface area contributed by atoms with Crippen molar-refractivity contribution in [2.24, 2.45) is 0 Å². The Balaban J connectivity index is 2.19. The lowest BCUT2D eigenvalue weighted by Crippen LogP contribution is -2.19. The molecule has 0 heterocycles. The van der Waals surface area contributed by atoms with Crippen molar-refractivity contribution in [3.8, 4) is 0 Å². The Morgan fingerprint density at radius 2 is 1.67 bits per heavy atom. The van der Waals surface area contributed by atoms with Crippen molar-refractivity contribution in [3.05, 3.63) is 59.7 Å². The molecule has 0 spiro atoms. The number of hydrogen-bond acceptors (Lipinski definition) is 4. The van der Waals surface area contributed by atoms with Crippen molar-refractivity contribution in [2.45, 2.75) is 11.4 Å². The summed E-state index contributed by atoms with van der Waals surface area (Å²) in [5.41, 5.74) is 2.14. The van der Waals surface area contributed by atoms with Crippen LogP contribution >= 0.6 is 0 Å². The van der Waals surface area contributed by atoms with Gasteiger partial charge in [0, 0.05) is 17.8 Å². The lowest BCUT2D eigenvalue weighted by atomic mass is 10.1. The molecule has 1 amide bonds. The summed E-state index contributed by atoms with van der Waals surface area (Å²) in [4.78, 5) is 14.5. The zero-order valence-corrected chi connectivity index (χ0v) is 14.7. The fourth-order valence-corrected chi connectivity index (χ4v) is 2.95. The maximum Gasteiger partial charge on any atom is 0.255 e. The minimum Gasteiger partial charge on any atom is -0.322 e. The van der Waals surface area contributed by atoms with Crippen LogP contribution in [0.1, 0.15) is 15.9 Å². The van der Waals surface area contributed by atoms with Crippen LogP contribution in [-0.2, 0) is 16.6 Å². The molecule has 0 atom stereocenters. The fourth-order valence-electron chi connectivity index (χ4n) is 2.22. The maximum atomic E-state index is 12.4. The summed E-state index contributed by atoms with van der Waals surface area (Å²) < 4.78 is 25.6. The van der Waals surface area contributed by atoms with E-state index in [1.54, 1.807) is 0 Å². The van der Waals surface area contributed by atoms with Gasteiger partial charge in [-0.05, 0) is 57.0 Å². The van der Waals surface area contributed by atoms with Crippen LogP contribution in [0.2, 0.25) is 0 Å². The topological polar surface area (TPSA) is 78.5 Å². The highest BCUT2D eigenvalue weighted by Gasteiger charge is 2.13. The molecule has 2 aromatic carbocycles. The Labute approximate surface area is 142 Å². The lowest BCUT2D eigenvalue weighted by Gasteiger charge is -2.15. The van der Waals surface area contributed by atoms with Gasteiger partial charge in [0.2, 0.25) is 10.0 Å². The average molecular weight is 347 g/mol. The lowest BCUT2D eigenvalue weighted by molar-refractivity contribution is 0.102. The van der Waals surface area contributed by atoms with Crippen LogP contribution < -0.4 is 10.0 Å². The van der Waals surface area contributed by atoms with E-state index in [-0.39, 0.29) is 10.8 Å². The third-order valence-corrected chi connectivity index (χ3v) is 4.88. The Kier molecular flexibility index (Phi) is 5.71. The number of anilines is 1. The van der Waals surface area contributed by atoms with Crippen LogP contribution in [0.15, 0.2) is 53.4 Å². The van der Waals surface area contributed by atoms with Crippen LogP contribution in [0.25, 0.3) is 0 Å². The summed E-state index contributed by atoms with van der Waals surface area (Å²) in [6.07, 6.45) is 0. The molecule has 2 N–H and O–H groups in total. The molecule has 0 aliphatic heterocycles. The summed E-state index contributed by atoms with van der Waals surface area (Å²) in [6.45, 7) is 0.704. The monoisotopic (exact) mass is 347 g/mol. The molecule has 7 heteroatoms. The second kappa shape index (κ2) is 7.57. The van der Waals surface area contributed by atoms with Crippen molar-refractivity contribution in [1.82, 2.24) is 9.62 Å². The number of carbonyl (C=O) groups is 1. The van der Waals surface area contributed by atoms with Crippen LogP contribution in [0.5, 0.6) is 0 Å². The molecule has 0 aliphatic rings. The van der Waals surface area contributed by atoms with E-state index in [2.05, 4.69) is 10.0 Å². The Hall–Kier alpha value is -2.22. The summed E-state index contributed by atoms with van der Waals surface area (Å²) >= 11 is 0. The minimum atomic E-state index is -3.51. The van der Waals surface area contributed by atoms with Gasteiger partial charge in [0.15, 0.2) is 0 Å². The van der Waals surface area contributed by atoms with Gasteiger partial charge in [-0.3, -0.25) is 4.79 Å². The molecule has 0 aliphatic carbocycles. The van der Waals surface area contributed by atoms with E-state index in [9.17, 15) is 13.2 Å². The van der Waals surface area contributed by atoms with E-state index in [1.165, 1.54) is 31.3 Å². The molecular formula is C17H21N3O3S. The molecule has 6 nitrogen and oxygen atoms in total. The third-order valence-electron chi connectivity index (χ3n) is 3.45. The molecule has 0 saturated carbocycles. The Bertz CT molecular complexity index is 815. The summed E-state index contributed by atoms with van der Waals surface area (Å²) in [5.74, 6) is -0.283. The van der Waals surface area contributed by atoms with Crippen LogP contribution in [0, 0.1) is 0 Å². The van der Waals surface area contributed by atoms with Gasteiger partial charge in [-0.15, -0.1) is 0 Å². The van der Waals surface area contributed by atoms with Gasteiger partial charge < -0.3 is 10.2 Å². The first-order valence-corrected chi connectivity index (χ1v) is 8.89. The van der Waals surface area contributed by atoms with Crippen molar-refractivity contribution in [2.75, 3.05) is 26.5 Å². The van der Waals surface area contributed by atoms with Crippen molar-refractivity contribution >= 4 is 21.6 Å². The highest BCUT2D eigenvalue weighted by Crippen LogP contribution is 2.18. The zero-order valence-electron chi connectivity index (χ0n) is 13.9. The number of para-hydroxylation sites is 1. The van der Waals surface area contributed by atoms with Crippen molar-refractivity contribution < 1.29 is 13.2 Å². The van der Waals surface area contributed by atoms with E-state index in [1.807, 2.05) is 43.3 Å². The van der Waals surface area contributed by atoms with E-state index in [4.69, 9.17) is 0 Å². The molecule has 0 bridgehead atoms. The predicted octanol–water partition coefficient (Wildman–Crippen LogP) is 1.91. The van der Waals surface area contributed by atoms with Gasteiger partial charge in [0.25, 0.3) is 5.91 Å². The first kappa shape index (κ1) is 18.1. The average Bonchev–Trinajstić information content (AvgIpc) is 2.56. The normalized spacial score (nSPS) is 11.5. The molecule has 0 radical (unpaired) electrons. The second-order valence-electron chi connectivity index (χ2n) is 5.58. The largest absolute Gasteiger partial charge is 0.322 e. The molecule has 2 aromatic rings. The minimum absolute atomic E-state index is 0.120. The van der Waals surface area contributed by atoms with Crippen molar-refractivity contribution in [1.29, 1.82) is 0 Å². The van der Waals surface area contributed by atoms with Gasteiger partial charge >= 0.3 is 0 Å². The van der Waals surface area contributed by atoms with Gasteiger partial charge in [0.05, 0.1) is 4.90 Å². The number of carbonyl (C=O) groups excluding carboxylic acids is 1. The summed E-state index contributed by atoms with van der Waals surface area (Å²) in [5, 5.41) is 2.87. The molecule has 0 aromatic heterocycles. The number of sulfonamides is 1. The number of amides is 1. The third kappa shape index (κ3) is 4.41. The Morgan fingerprint density at radius 1 is 1.04 bits per heavy atom. The summed E-state index contributed by atoms with van der Waals surface area (Å²) in [7, 11) is 1.75. The molecular weight excluding hydrogens is 326 g/mol. The van der Waals surface area contributed by atoms with Crippen LogP contribution in [-0.4, -0.2) is 40.4 Å². The highest BCUT2D eigenvalue weighted by atomic mass is 32.2. The SMILES string of the molecule is CNS(=O)(=O)c1ccc(C(=O)Nc2ccccc2CN(C)C)cc1. The quantitative estimate of drug-likeness (QED) is 0.837. The molecule has 0 fully saturated rings. The van der Waals surface area contributed by atoms with Gasteiger partial charge in [-0.2, -0.15) is 0 Å².